The number of nitrogens with zero attached hydrogens (tertiary/aromatic N) is 1. The van der Waals surface area contributed by atoms with Gasteiger partial charge in [0.1, 0.15) is 17.1 Å². The zero-order chi connectivity index (χ0) is 23.7. The van der Waals surface area contributed by atoms with Crippen LogP contribution in [-0.4, -0.2) is 23.9 Å². The standard InChI is InChI=1S/C24H18Cl2N2O5/c1-13(2)32-24(31)18-10-14(6-8-20(18)26)21-9-7-17(33-21)12-19-22(29)27-28(23(19)30)16-5-3-4-15(25)11-16/h3-13H,1-2H3,(H,27,29)/b19-12+. The molecule has 0 unspecified atom stereocenters. The van der Waals surface area contributed by atoms with E-state index >= 15 is 0 Å². The van der Waals surface area contributed by atoms with Gasteiger partial charge in [-0.15, -0.1) is 0 Å². The minimum Gasteiger partial charge on any atom is -0.459 e. The van der Waals surface area contributed by atoms with E-state index in [1.165, 1.54) is 6.08 Å². The molecule has 2 amide bonds. The number of halogens is 2. The smallest absolute Gasteiger partial charge is 0.339 e. The number of hydrogen-bond acceptors (Lipinski definition) is 5. The van der Waals surface area contributed by atoms with Gasteiger partial charge in [-0.3, -0.25) is 15.0 Å². The fraction of sp³-hybridized carbons (Fsp3) is 0.125. The topological polar surface area (TPSA) is 88.9 Å². The molecule has 1 aromatic heterocycles. The zero-order valence-electron chi connectivity index (χ0n) is 17.6. The monoisotopic (exact) mass is 484 g/mol. The van der Waals surface area contributed by atoms with Crippen molar-refractivity contribution in [1.29, 1.82) is 0 Å². The molecule has 2 heterocycles. The number of anilines is 1. The van der Waals surface area contributed by atoms with E-state index in [0.717, 1.165) is 5.01 Å². The van der Waals surface area contributed by atoms with Crippen LogP contribution in [0.25, 0.3) is 17.4 Å². The molecule has 0 atom stereocenters. The van der Waals surface area contributed by atoms with Gasteiger partial charge in [0.25, 0.3) is 11.8 Å². The number of ether oxygens (including phenoxy) is 1. The molecule has 0 bridgehead atoms. The lowest BCUT2D eigenvalue weighted by Gasteiger charge is -2.14. The summed E-state index contributed by atoms with van der Waals surface area (Å²) < 4.78 is 11.0. The zero-order valence-corrected chi connectivity index (χ0v) is 19.1. The normalized spacial score (nSPS) is 14.8. The van der Waals surface area contributed by atoms with Crippen LogP contribution in [0.4, 0.5) is 5.69 Å². The summed E-state index contributed by atoms with van der Waals surface area (Å²) in [5, 5.41) is 1.81. The third-order valence-electron chi connectivity index (χ3n) is 4.68. The average Bonchev–Trinajstić information content (AvgIpc) is 3.34. The summed E-state index contributed by atoms with van der Waals surface area (Å²) in [5.41, 5.74) is 3.65. The lowest BCUT2D eigenvalue weighted by Crippen LogP contribution is -2.35. The summed E-state index contributed by atoms with van der Waals surface area (Å²) in [6.45, 7) is 3.49. The van der Waals surface area contributed by atoms with Crippen molar-refractivity contribution in [1.82, 2.24) is 5.43 Å². The first-order valence-corrected chi connectivity index (χ1v) is 10.7. The van der Waals surface area contributed by atoms with Crippen LogP contribution >= 0.6 is 23.2 Å². The number of carbonyl (C=O) groups is 3. The molecular weight excluding hydrogens is 467 g/mol. The van der Waals surface area contributed by atoms with Crippen molar-refractivity contribution < 1.29 is 23.5 Å². The largest absolute Gasteiger partial charge is 0.459 e. The lowest BCUT2D eigenvalue weighted by molar-refractivity contribution is -0.117. The molecule has 33 heavy (non-hydrogen) atoms. The van der Waals surface area contributed by atoms with Gasteiger partial charge in [-0.25, -0.2) is 9.80 Å². The van der Waals surface area contributed by atoms with Crippen molar-refractivity contribution in [3.05, 3.63) is 81.5 Å². The quantitative estimate of drug-likeness (QED) is 0.302. The van der Waals surface area contributed by atoms with Crippen molar-refractivity contribution in [2.24, 2.45) is 0 Å². The van der Waals surface area contributed by atoms with Crippen LogP contribution < -0.4 is 10.4 Å². The van der Waals surface area contributed by atoms with E-state index in [4.69, 9.17) is 32.4 Å². The second kappa shape index (κ2) is 9.13. The highest BCUT2D eigenvalue weighted by molar-refractivity contribution is 6.34. The van der Waals surface area contributed by atoms with Gasteiger partial charge in [0.15, 0.2) is 0 Å². The maximum absolute atomic E-state index is 12.8. The van der Waals surface area contributed by atoms with Gasteiger partial charge in [0.2, 0.25) is 0 Å². The highest BCUT2D eigenvalue weighted by Gasteiger charge is 2.34. The first-order valence-electron chi connectivity index (χ1n) is 9.96. The van der Waals surface area contributed by atoms with Crippen LogP contribution in [0.2, 0.25) is 10.0 Å². The van der Waals surface area contributed by atoms with Crippen molar-refractivity contribution >= 4 is 52.7 Å². The Balaban J connectivity index is 1.60. The van der Waals surface area contributed by atoms with E-state index in [9.17, 15) is 14.4 Å². The lowest BCUT2D eigenvalue weighted by atomic mass is 10.1. The second-order valence-corrected chi connectivity index (χ2v) is 8.31. The molecule has 0 saturated carbocycles. The van der Waals surface area contributed by atoms with E-state index in [-0.39, 0.29) is 28.0 Å². The Morgan fingerprint density at radius 1 is 1.09 bits per heavy atom. The number of hydrogen-bond donors (Lipinski definition) is 1. The molecule has 1 N–H and O–H groups in total. The fourth-order valence-corrected chi connectivity index (χ4v) is 3.57. The minimum atomic E-state index is -0.567. The number of furan rings is 1. The van der Waals surface area contributed by atoms with E-state index in [0.29, 0.717) is 22.0 Å². The van der Waals surface area contributed by atoms with E-state index in [1.807, 2.05) is 0 Å². The van der Waals surface area contributed by atoms with Crippen LogP contribution in [0, 0.1) is 0 Å². The van der Waals surface area contributed by atoms with Crippen molar-refractivity contribution in [3.63, 3.8) is 0 Å². The van der Waals surface area contributed by atoms with E-state index in [2.05, 4.69) is 5.43 Å². The van der Waals surface area contributed by atoms with Crippen LogP contribution in [0.1, 0.15) is 30.0 Å². The molecule has 0 radical (unpaired) electrons. The molecule has 1 saturated heterocycles. The first kappa shape index (κ1) is 22.6. The molecule has 0 spiro atoms. The number of amides is 2. The number of esters is 1. The maximum Gasteiger partial charge on any atom is 0.339 e. The predicted octanol–water partition coefficient (Wildman–Crippen LogP) is 5.28. The van der Waals surface area contributed by atoms with E-state index < -0.39 is 17.8 Å². The molecule has 1 fully saturated rings. The third-order valence-corrected chi connectivity index (χ3v) is 5.25. The average molecular weight is 485 g/mol. The first-order chi connectivity index (χ1) is 15.7. The van der Waals surface area contributed by atoms with Crippen LogP contribution in [0.3, 0.4) is 0 Å². The Labute approximate surface area is 199 Å². The summed E-state index contributed by atoms with van der Waals surface area (Å²) in [5.74, 6) is -0.930. The number of carbonyl (C=O) groups excluding carboxylic acids is 3. The summed E-state index contributed by atoms with van der Waals surface area (Å²) in [6, 6.07) is 14.7. The molecule has 1 aliphatic rings. The molecular formula is C24H18Cl2N2O5. The molecule has 2 aromatic carbocycles. The Morgan fingerprint density at radius 3 is 2.61 bits per heavy atom. The SMILES string of the molecule is CC(C)OC(=O)c1cc(-c2ccc(/C=C3\C(=O)NN(c4cccc(Cl)c4)C3=O)o2)ccc1Cl. The fourth-order valence-electron chi connectivity index (χ4n) is 3.19. The highest BCUT2D eigenvalue weighted by atomic mass is 35.5. The predicted molar refractivity (Wildman–Crippen MR) is 125 cm³/mol. The molecule has 3 aromatic rings. The second-order valence-electron chi connectivity index (χ2n) is 7.47. The van der Waals surface area contributed by atoms with Gasteiger partial charge in [-0.05, 0) is 68.5 Å². The summed E-state index contributed by atoms with van der Waals surface area (Å²) in [7, 11) is 0. The molecule has 7 nitrogen and oxygen atoms in total. The number of benzene rings is 2. The van der Waals surface area contributed by atoms with E-state index in [1.54, 1.807) is 68.4 Å². The Bertz CT molecular complexity index is 1300. The Hall–Kier alpha value is -3.55. The van der Waals surface area contributed by atoms with Crippen LogP contribution in [-0.2, 0) is 14.3 Å². The number of rotatable bonds is 5. The van der Waals surface area contributed by atoms with Crippen LogP contribution in [0.5, 0.6) is 0 Å². The van der Waals surface area contributed by atoms with Gasteiger partial charge >= 0.3 is 5.97 Å². The summed E-state index contributed by atoms with van der Waals surface area (Å²) >= 11 is 12.1. The van der Waals surface area contributed by atoms with Gasteiger partial charge in [-0.2, -0.15) is 0 Å². The number of nitrogens with one attached hydrogen (secondary N) is 1. The molecule has 0 aliphatic carbocycles. The van der Waals surface area contributed by atoms with Crippen molar-refractivity contribution in [3.8, 4) is 11.3 Å². The van der Waals surface area contributed by atoms with Gasteiger partial charge in [-0.1, -0.05) is 29.3 Å². The molecule has 1 aliphatic heterocycles. The van der Waals surface area contributed by atoms with Gasteiger partial charge in [0.05, 0.1) is 22.4 Å². The summed E-state index contributed by atoms with van der Waals surface area (Å²) in [4.78, 5) is 37.5. The van der Waals surface area contributed by atoms with Gasteiger partial charge < -0.3 is 9.15 Å². The molecule has 9 heteroatoms. The third kappa shape index (κ3) is 4.79. The Kier molecular flexibility index (Phi) is 6.26. The molecule has 168 valence electrons. The van der Waals surface area contributed by atoms with Crippen LogP contribution in [0.15, 0.2) is 64.6 Å². The molecule has 4 rings (SSSR count). The number of hydrazine groups is 1. The highest BCUT2D eigenvalue weighted by Crippen LogP contribution is 2.29. The Morgan fingerprint density at radius 2 is 1.88 bits per heavy atom. The van der Waals surface area contributed by atoms with Gasteiger partial charge in [0, 0.05) is 10.6 Å². The summed E-state index contributed by atoms with van der Waals surface area (Å²) in [6.07, 6.45) is 1.07. The maximum atomic E-state index is 12.8. The minimum absolute atomic E-state index is 0.0896. The van der Waals surface area contributed by atoms with Crippen molar-refractivity contribution in [2.45, 2.75) is 20.0 Å². The van der Waals surface area contributed by atoms with Crippen molar-refractivity contribution in [2.75, 3.05) is 5.01 Å².